The molecule has 0 spiro atoms. The fraction of sp³-hybridized carbons (Fsp3) is 0.520. The van der Waals surface area contributed by atoms with Gasteiger partial charge in [0.25, 0.3) is 0 Å². The van der Waals surface area contributed by atoms with E-state index in [0.29, 0.717) is 25.1 Å². The molecule has 2 rings (SSSR count). The quantitative estimate of drug-likeness (QED) is 0.151. The largest absolute Gasteiger partial charge is 0.480 e. The maximum absolute atomic E-state index is 13.2. The third-order valence-corrected chi connectivity index (χ3v) is 6.66. The molecule has 2 aromatic rings. The van der Waals surface area contributed by atoms with E-state index in [0.717, 1.165) is 22.9 Å². The van der Waals surface area contributed by atoms with Gasteiger partial charge in [-0.3, -0.25) is 14.4 Å². The smallest absolute Gasteiger partial charge is 0.326 e. The molecule has 0 bridgehead atoms. The van der Waals surface area contributed by atoms with E-state index in [1.165, 1.54) is 18.7 Å². The number of fused-ring (bicyclic) bond motifs is 1. The number of nitrogens with two attached hydrogens (primary N) is 2. The number of H-pyrrole nitrogens is 1. The highest BCUT2D eigenvalue weighted by atomic mass is 32.2. The number of hydrogen-bond donors (Lipinski definition) is 7. The normalized spacial score (nSPS) is 14.4. The van der Waals surface area contributed by atoms with Crippen molar-refractivity contribution in [2.24, 2.45) is 11.5 Å². The van der Waals surface area contributed by atoms with E-state index in [1.807, 2.05) is 30.5 Å². The fourth-order valence-electron chi connectivity index (χ4n) is 3.82. The van der Waals surface area contributed by atoms with Crippen LogP contribution in [-0.4, -0.2) is 76.5 Å². The van der Waals surface area contributed by atoms with Gasteiger partial charge in [-0.05, 0) is 56.4 Å². The molecule has 9 N–H and O–H groups in total. The van der Waals surface area contributed by atoms with Crippen LogP contribution in [0.5, 0.6) is 0 Å². The van der Waals surface area contributed by atoms with Crippen molar-refractivity contribution in [1.82, 2.24) is 20.9 Å². The lowest BCUT2D eigenvalue weighted by Crippen LogP contribution is -2.56. The predicted octanol–water partition coefficient (Wildman–Crippen LogP) is 0.479. The van der Waals surface area contributed by atoms with Crippen molar-refractivity contribution in [3.63, 3.8) is 0 Å². The lowest BCUT2D eigenvalue weighted by Gasteiger charge is -2.23. The van der Waals surface area contributed by atoms with Gasteiger partial charge in [0.1, 0.15) is 18.1 Å². The van der Waals surface area contributed by atoms with E-state index in [1.54, 1.807) is 6.20 Å². The van der Waals surface area contributed by atoms with Crippen molar-refractivity contribution < 1.29 is 24.3 Å². The van der Waals surface area contributed by atoms with Crippen LogP contribution >= 0.6 is 11.8 Å². The van der Waals surface area contributed by atoms with Gasteiger partial charge in [0.05, 0.1) is 6.04 Å². The van der Waals surface area contributed by atoms with Gasteiger partial charge in [-0.2, -0.15) is 11.8 Å². The van der Waals surface area contributed by atoms with E-state index in [-0.39, 0.29) is 12.8 Å². The van der Waals surface area contributed by atoms with Crippen LogP contribution in [0.25, 0.3) is 10.9 Å². The van der Waals surface area contributed by atoms with Gasteiger partial charge >= 0.3 is 5.97 Å². The zero-order chi connectivity index (χ0) is 27.4. The number of amides is 3. The van der Waals surface area contributed by atoms with Gasteiger partial charge in [-0.15, -0.1) is 0 Å². The molecular formula is C25H38N6O5S. The van der Waals surface area contributed by atoms with E-state index in [4.69, 9.17) is 11.5 Å². The molecule has 0 radical (unpaired) electrons. The second kappa shape index (κ2) is 15.2. The van der Waals surface area contributed by atoms with Crippen LogP contribution in [0.3, 0.4) is 0 Å². The molecule has 0 saturated carbocycles. The number of aromatic nitrogens is 1. The number of carbonyl (C=O) groups excluding carboxylic acids is 3. The summed E-state index contributed by atoms with van der Waals surface area (Å²) in [4.78, 5) is 53.3. The Morgan fingerprint density at radius 1 is 1.00 bits per heavy atom. The Bertz CT molecular complexity index is 1060. The number of carbonyl (C=O) groups is 4. The first kappa shape index (κ1) is 30.1. The molecule has 12 heteroatoms. The Morgan fingerprint density at radius 2 is 1.70 bits per heavy atom. The number of unbranched alkanes of at least 4 members (excludes halogenated alkanes) is 1. The molecule has 204 valence electrons. The Balaban J connectivity index is 2.14. The van der Waals surface area contributed by atoms with Gasteiger partial charge in [0.2, 0.25) is 17.7 Å². The summed E-state index contributed by atoms with van der Waals surface area (Å²) >= 11 is 1.47. The number of nitrogens with one attached hydrogen (secondary N) is 4. The molecule has 1 heterocycles. The van der Waals surface area contributed by atoms with E-state index in [9.17, 15) is 24.3 Å². The summed E-state index contributed by atoms with van der Waals surface area (Å²) < 4.78 is 0. The topological polar surface area (TPSA) is 192 Å². The van der Waals surface area contributed by atoms with Crippen LogP contribution in [0.2, 0.25) is 0 Å². The highest BCUT2D eigenvalue weighted by molar-refractivity contribution is 7.98. The Kier molecular flexibility index (Phi) is 12.4. The number of aromatic amines is 1. The minimum atomic E-state index is -1.14. The highest BCUT2D eigenvalue weighted by Crippen LogP contribution is 2.19. The van der Waals surface area contributed by atoms with Crippen molar-refractivity contribution in [2.45, 2.75) is 63.2 Å². The number of aliphatic carboxylic acids is 1. The molecule has 11 nitrogen and oxygen atoms in total. The van der Waals surface area contributed by atoms with E-state index in [2.05, 4.69) is 20.9 Å². The average molecular weight is 535 g/mol. The summed E-state index contributed by atoms with van der Waals surface area (Å²) in [5.41, 5.74) is 13.2. The monoisotopic (exact) mass is 534 g/mol. The molecule has 0 saturated heterocycles. The third kappa shape index (κ3) is 9.38. The first-order chi connectivity index (χ1) is 17.7. The zero-order valence-electron chi connectivity index (χ0n) is 21.3. The highest BCUT2D eigenvalue weighted by Gasteiger charge is 2.29. The van der Waals surface area contributed by atoms with Crippen molar-refractivity contribution in [3.8, 4) is 0 Å². The van der Waals surface area contributed by atoms with Gasteiger partial charge in [-0.1, -0.05) is 24.6 Å². The zero-order valence-corrected chi connectivity index (χ0v) is 22.1. The van der Waals surface area contributed by atoms with Crippen molar-refractivity contribution in [1.29, 1.82) is 0 Å². The number of carboxylic acids is 1. The predicted molar refractivity (Wildman–Crippen MR) is 145 cm³/mol. The second-order valence-electron chi connectivity index (χ2n) is 8.93. The van der Waals surface area contributed by atoms with Crippen LogP contribution in [0.1, 0.15) is 38.2 Å². The third-order valence-electron chi connectivity index (χ3n) is 6.02. The summed E-state index contributed by atoms with van der Waals surface area (Å²) in [6, 6.07) is 3.68. The standard InChI is InChI=1S/C25H38N6O5S/c1-15(22(32)30-20(25(35)36)10-12-37-2)29-24(34)21(31-23(33)18(27)8-5-6-11-26)13-16-14-28-19-9-4-3-7-17(16)19/h3-4,7,9,14-15,18,20-21,28H,5-6,8,10-13,26-27H2,1-2H3,(H,29,34)(H,30,32)(H,31,33)(H,35,36). The first-order valence-electron chi connectivity index (χ1n) is 12.3. The molecule has 3 amide bonds. The van der Waals surface area contributed by atoms with E-state index >= 15 is 0 Å². The lowest BCUT2D eigenvalue weighted by atomic mass is 10.0. The van der Waals surface area contributed by atoms with E-state index < -0.39 is 47.9 Å². The molecule has 4 unspecified atom stereocenters. The number of thioether (sulfide) groups is 1. The lowest BCUT2D eigenvalue weighted by molar-refractivity contribution is -0.142. The van der Waals surface area contributed by atoms with Crippen LogP contribution in [0.15, 0.2) is 30.5 Å². The van der Waals surface area contributed by atoms with Crippen molar-refractivity contribution in [2.75, 3.05) is 18.6 Å². The second-order valence-corrected chi connectivity index (χ2v) is 9.91. The molecule has 0 aliphatic rings. The molecule has 0 aliphatic heterocycles. The fourth-order valence-corrected chi connectivity index (χ4v) is 4.29. The number of para-hydroxylation sites is 1. The van der Waals surface area contributed by atoms with Crippen LogP contribution in [0.4, 0.5) is 0 Å². The van der Waals surface area contributed by atoms with Crippen molar-refractivity contribution >= 4 is 46.4 Å². The molecular weight excluding hydrogens is 496 g/mol. The average Bonchev–Trinajstić information content (AvgIpc) is 3.28. The molecule has 1 aromatic carbocycles. The summed E-state index contributed by atoms with van der Waals surface area (Å²) in [7, 11) is 0. The molecule has 1 aromatic heterocycles. The van der Waals surface area contributed by atoms with Crippen molar-refractivity contribution in [3.05, 3.63) is 36.0 Å². The number of carboxylic acid groups (broad SMARTS) is 1. The number of benzene rings is 1. The van der Waals surface area contributed by atoms with Gasteiger partial charge in [0.15, 0.2) is 0 Å². The Labute approximate surface area is 220 Å². The molecule has 37 heavy (non-hydrogen) atoms. The minimum Gasteiger partial charge on any atom is -0.480 e. The Hall–Kier alpha value is -3.09. The SMILES string of the molecule is CSCCC(NC(=O)C(C)NC(=O)C(Cc1c[nH]c2ccccc12)NC(=O)C(N)CCCCN)C(=O)O. The molecule has 4 atom stereocenters. The van der Waals surface area contributed by atoms with Gasteiger partial charge in [-0.25, -0.2) is 4.79 Å². The van der Waals surface area contributed by atoms with Crippen LogP contribution < -0.4 is 27.4 Å². The summed E-state index contributed by atoms with van der Waals surface area (Å²) in [5.74, 6) is -2.27. The van der Waals surface area contributed by atoms with Crippen LogP contribution in [0, 0.1) is 0 Å². The molecule has 0 aliphatic carbocycles. The maximum Gasteiger partial charge on any atom is 0.326 e. The number of hydrogen-bond acceptors (Lipinski definition) is 7. The molecule has 0 fully saturated rings. The van der Waals surface area contributed by atoms with Gasteiger partial charge < -0.3 is 37.5 Å². The van der Waals surface area contributed by atoms with Gasteiger partial charge in [0, 0.05) is 23.5 Å². The summed E-state index contributed by atoms with van der Waals surface area (Å²) in [6.07, 6.45) is 5.88. The number of rotatable bonds is 16. The Morgan fingerprint density at radius 3 is 2.38 bits per heavy atom. The summed E-state index contributed by atoms with van der Waals surface area (Å²) in [6.45, 7) is 1.96. The minimum absolute atomic E-state index is 0.164. The first-order valence-corrected chi connectivity index (χ1v) is 13.7. The maximum atomic E-state index is 13.2. The van der Waals surface area contributed by atoms with Crippen LogP contribution in [-0.2, 0) is 25.6 Å². The summed E-state index contributed by atoms with van der Waals surface area (Å²) in [5, 5.41) is 18.1.